The van der Waals surface area contributed by atoms with E-state index < -0.39 is 0 Å². The summed E-state index contributed by atoms with van der Waals surface area (Å²) >= 11 is 2.08. The fourth-order valence-electron chi connectivity index (χ4n) is 2.82. The van der Waals surface area contributed by atoms with E-state index in [1.54, 1.807) is 0 Å². The fraction of sp³-hybridized carbons (Fsp3) is 0.857. The Morgan fingerprint density at radius 1 is 1.11 bits per heavy atom. The van der Waals surface area contributed by atoms with Crippen molar-refractivity contribution in [3.05, 3.63) is 11.5 Å². The Morgan fingerprint density at radius 2 is 1.72 bits per heavy atom. The molecule has 0 saturated carbocycles. The van der Waals surface area contributed by atoms with Gasteiger partial charge in [-0.3, -0.25) is 0 Å². The van der Waals surface area contributed by atoms with Gasteiger partial charge in [0.1, 0.15) is 0 Å². The zero-order valence-electron chi connectivity index (χ0n) is 11.9. The van der Waals surface area contributed by atoms with E-state index >= 15 is 0 Å². The first-order valence-corrected chi connectivity index (χ1v) is 8.12. The lowest BCUT2D eigenvalue weighted by molar-refractivity contribution is 0.00578. The van der Waals surface area contributed by atoms with E-state index in [4.69, 9.17) is 9.31 Å². The first-order valence-electron chi connectivity index (χ1n) is 6.96. The van der Waals surface area contributed by atoms with Crippen molar-refractivity contribution in [1.29, 1.82) is 0 Å². The SMILES string of the molecule is CC1(C)OB(C2=CCC3(CC2)CSC3)OC1(C)C. The van der Waals surface area contributed by atoms with E-state index in [9.17, 15) is 0 Å². The Hall–Kier alpha value is 0.0749. The molecule has 0 amide bonds. The molecular weight excluding hydrogens is 243 g/mol. The van der Waals surface area contributed by atoms with E-state index in [2.05, 4.69) is 45.5 Å². The third-order valence-corrected chi connectivity index (χ3v) is 6.75. The van der Waals surface area contributed by atoms with Crippen LogP contribution in [0.3, 0.4) is 0 Å². The summed E-state index contributed by atoms with van der Waals surface area (Å²) in [4.78, 5) is 0. The van der Waals surface area contributed by atoms with Crippen molar-refractivity contribution >= 4 is 18.9 Å². The quantitative estimate of drug-likeness (QED) is 0.677. The summed E-state index contributed by atoms with van der Waals surface area (Å²) in [5.41, 5.74) is 1.58. The molecule has 100 valence electrons. The lowest BCUT2D eigenvalue weighted by atomic mass is 9.66. The third kappa shape index (κ3) is 1.97. The summed E-state index contributed by atoms with van der Waals surface area (Å²) in [6.45, 7) is 8.50. The molecule has 3 rings (SSSR count). The summed E-state index contributed by atoms with van der Waals surface area (Å²) in [5.74, 6) is 2.69. The molecule has 0 bridgehead atoms. The largest absolute Gasteiger partial charge is 0.490 e. The van der Waals surface area contributed by atoms with Crippen LogP contribution in [0.2, 0.25) is 0 Å². The number of hydrogen-bond donors (Lipinski definition) is 0. The number of allylic oxidation sites excluding steroid dienone is 2. The maximum absolute atomic E-state index is 6.13. The van der Waals surface area contributed by atoms with Gasteiger partial charge in [-0.1, -0.05) is 6.08 Å². The molecule has 18 heavy (non-hydrogen) atoms. The summed E-state index contributed by atoms with van der Waals surface area (Å²) in [6.07, 6.45) is 6.08. The normalized spacial score (nSPS) is 32.2. The molecule has 1 aliphatic carbocycles. The molecule has 2 saturated heterocycles. The predicted octanol–water partition coefficient (Wildman–Crippen LogP) is 3.46. The molecule has 1 spiro atoms. The highest BCUT2D eigenvalue weighted by Gasteiger charge is 2.53. The van der Waals surface area contributed by atoms with E-state index in [-0.39, 0.29) is 18.3 Å². The first-order chi connectivity index (χ1) is 8.34. The van der Waals surface area contributed by atoms with Crippen LogP contribution in [-0.2, 0) is 9.31 Å². The van der Waals surface area contributed by atoms with Gasteiger partial charge in [-0.2, -0.15) is 11.8 Å². The van der Waals surface area contributed by atoms with E-state index in [1.807, 2.05) is 0 Å². The number of hydrogen-bond acceptors (Lipinski definition) is 3. The summed E-state index contributed by atoms with van der Waals surface area (Å²) in [6, 6.07) is 0. The molecule has 4 heteroatoms. The zero-order valence-corrected chi connectivity index (χ0v) is 12.7. The maximum Gasteiger partial charge on any atom is 0.490 e. The molecule has 2 aliphatic heterocycles. The van der Waals surface area contributed by atoms with E-state index in [0.29, 0.717) is 5.41 Å². The second-order valence-corrected chi connectivity index (χ2v) is 8.05. The molecule has 2 fully saturated rings. The Balaban J connectivity index is 1.71. The lowest BCUT2D eigenvalue weighted by Gasteiger charge is -2.43. The van der Waals surface area contributed by atoms with E-state index in [0.717, 1.165) is 6.42 Å². The van der Waals surface area contributed by atoms with E-state index in [1.165, 1.54) is 29.8 Å². The second kappa shape index (κ2) is 4.03. The van der Waals surface area contributed by atoms with Crippen LogP contribution in [0.5, 0.6) is 0 Å². The molecule has 3 aliphatic rings. The minimum Gasteiger partial charge on any atom is -0.400 e. The van der Waals surface area contributed by atoms with Crippen LogP contribution in [0.25, 0.3) is 0 Å². The molecule has 0 atom stereocenters. The van der Waals surface area contributed by atoms with Crippen molar-refractivity contribution in [3.63, 3.8) is 0 Å². The van der Waals surface area contributed by atoms with Gasteiger partial charge in [0, 0.05) is 11.5 Å². The average molecular weight is 266 g/mol. The van der Waals surface area contributed by atoms with Crippen molar-refractivity contribution in [3.8, 4) is 0 Å². The molecule has 2 heterocycles. The highest BCUT2D eigenvalue weighted by molar-refractivity contribution is 8.00. The monoisotopic (exact) mass is 266 g/mol. The highest BCUT2D eigenvalue weighted by Crippen LogP contribution is 2.49. The number of rotatable bonds is 1. The Labute approximate surface area is 115 Å². The summed E-state index contributed by atoms with van der Waals surface area (Å²) in [5, 5.41) is 0. The molecule has 0 N–H and O–H groups in total. The molecule has 0 aromatic carbocycles. The van der Waals surface area contributed by atoms with Crippen molar-refractivity contribution in [2.45, 2.75) is 58.2 Å². The maximum atomic E-state index is 6.13. The molecular formula is C14H23BO2S. The number of thioether (sulfide) groups is 1. The standard InChI is InChI=1S/C14H23BO2S/c1-12(2)13(3,4)17-15(16-12)11-5-7-14(8-6-11)9-18-10-14/h5H,6-10H2,1-4H3. The van der Waals surface area contributed by atoms with Gasteiger partial charge >= 0.3 is 7.12 Å². The second-order valence-electron chi connectivity index (χ2n) is 7.06. The third-order valence-electron chi connectivity index (χ3n) is 5.11. The molecule has 0 radical (unpaired) electrons. The van der Waals surface area contributed by atoms with Gasteiger partial charge in [-0.05, 0) is 57.8 Å². The van der Waals surface area contributed by atoms with Crippen LogP contribution in [0.15, 0.2) is 11.5 Å². The van der Waals surface area contributed by atoms with Crippen LogP contribution in [-0.4, -0.2) is 29.8 Å². The average Bonchev–Trinajstić information content (AvgIpc) is 2.46. The topological polar surface area (TPSA) is 18.5 Å². The Morgan fingerprint density at radius 3 is 2.11 bits per heavy atom. The lowest BCUT2D eigenvalue weighted by Crippen LogP contribution is -2.41. The predicted molar refractivity (Wildman–Crippen MR) is 77.8 cm³/mol. The zero-order chi connectivity index (χ0) is 13.0. The van der Waals surface area contributed by atoms with Gasteiger partial charge in [0.15, 0.2) is 0 Å². The van der Waals surface area contributed by atoms with Gasteiger partial charge in [0.05, 0.1) is 11.2 Å². The Bertz CT molecular complexity index is 369. The molecule has 0 aromatic heterocycles. The van der Waals surface area contributed by atoms with Crippen LogP contribution in [0.1, 0.15) is 47.0 Å². The van der Waals surface area contributed by atoms with Gasteiger partial charge in [-0.25, -0.2) is 0 Å². The highest BCUT2D eigenvalue weighted by atomic mass is 32.2. The molecule has 0 aromatic rings. The smallest absolute Gasteiger partial charge is 0.400 e. The van der Waals surface area contributed by atoms with Crippen LogP contribution >= 0.6 is 11.8 Å². The first kappa shape index (κ1) is 13.1. The van der Waals surface area contributed by atoms with Gasteiger partial charge in [-0.15, -0.1) is 0 Å². The van der Waals surface area contributed by atoms with Crippen molar-refractivity contribution in [2.24, 2.45) is 5.41 Å². The Kier molecular flexibility index (Phi) is 2.93. The van der Waals surface area contributed by atoms with Crippen LogP contribution in [0.4, 0.5) is 0 Å². The van der Waals surface area contributed by atoms with Crippen molar-refractivity contribution in [2.75, 3.05) is 11.5 Å². The van der Waals surface area contributed by atoms with Gasteiger partial charge < -0.3 is 9.31 Å². The van der Waals surface area contributed by atoms with Crippen molar-refractivity contribution < 1.29 is 9.31 Å². The minimum absolute atomic E-state index is 0.111. The fourth-order valence-corrected chi connectivity index (χ4v) is 4.13. The van der Waals surface area contributed by atoms with Crippen molar-refractivity contribution in [1.82, 2.24) is 0 Å². The van der Waals surface area contributed by atoms with Crippen LogP contribution < -0.4 is 0 Å². The molecule has 0 unspecified atom stereocenters. The van der Waals surface area contributed by atoms with Gasteiger partial charge in [0.25, 0.3) is 0 Å². The van der Waals surface area contributed by atoms with Gasteiger partial charge in [0.2, 0.25) is 0 Å². The molecule has 2 nitrogen and oxygen atoms in total. The summed E-state index contributed by atoms with van der Waals surface area (Å²) < 4.78 is 12.3. The minimum atomic E-state index is -0.208. The summed E-state index contributed by atoms with van der Waals surface area (Å²) in [7, 11) is -0.111. The van der Waals surface area contributed by atoms with Crippen LogP contribution in [0, 0.1) is 5.41 Å².